The Labute approximate surface area is 184 Å². The summed E-state index contributed by atoms with van der Waals surface area (Å²) in [7, 11) is 1.38. The van der Waals surface area contributed by atoms with Crippen LogP contribution in [0.4, 0.5) is 21.0 Å². The lowest BCUT2D eigenvalue weighted by molar-refractivity contribution is 0.121. The summed E-state index contributed by atoms with van der Waals surface area (Å²) in [4.78, 5) is 28.6. The average Bonchev–Trinajstić information content (AvgIpc) is 3.17. The number of hydrazine groups is 1. The summed E-state index contributed by atoms with van der Waals surface area (Å²) in [5.74, 6) is 1.14. The number of nitrogens with zero attached hydrogens (tertiary/aromatic N) is 3. The molecule has 1 saturated heterocycles. The first-order chi connectivity index (χ1) is 14.9. The fourth-order valence-corrected chi connectivity index (χ4v) is 4.69. The fourth-order valence-electron chi connectivity index (χ4n) is 4.69. The molecule has 4 rings (SSSR count). The van der Waals surface area contributed by atoms with Gasteiger partial charge in [0.1, 0.15) is 0 Å². The number of ether oxygens (including phenoxy) is 2. The van der Waals surface area contributed by atoms with Crippen LogP contribution in [0.3, 0.4) is 0 Å². The molecule has 3 aliphatic rings. The van der Waals surface area contributed by atoms with E-state index < -0.39 is 6.09 Å². The summed E-state index contributed by atoms with van der Waals surface area (Å²) in [6.07, 6.45) is 2.98. The Hall–Kier alpha value is -2.32. The van der Waals surface area contributed by atoms with Crippen LogP contribution in [0, 0.1) is 5.92 Å². The zero-order valence-electron chi connectivity index (χ0n) is 19.0. The van der Waals surface area contributed by atoms with Gasteiger partial charge in [-0.15, -0.1) is 0 Å². The Morgan fingerprint density at radius 3 is 2.58 bits per heavy atom. The van der Waals surface area contributed by atoms with E-state index in [0.29, 0.717) is 23.8 Å². The molecule has 31 heavy (non-hydrogen) atoms. The van der Waals surface area contributed by atoms with Crippen molar-refractivity contribution < 1.29 is 19.1 Å². The van der Waals surface area contributed by atoms with E-state index in [4.69, 9.17) is 9.47 Å². The minimum absolute atomic E-state index is 0.216. The van der Waals surface area contributed by atoms with E-state index in [2.05, 4.69) is 16.5 Å². The second-order valence-electron chi connectivity index (χ2n) is 9.24. The first-order valence-electron chi connectivity index (χ1n) is 11.3. The Morgan fingerprint density at radius 1 is 1.16 bits per heavy atom. The molecule has 2 aliphatic heterocycles. The molecule has 1 aromatic rings. The maximum Gasteiger partial charge on any atom is 0.414 e. The lowest BCUT2D eigenvalue weighted by Gasteiger charge is -2.40. The van der Waals surface area contributed by atoms with Crippen LogP contribution in [0.5, 0.6) is 0 Å². The number of fused-ring (bicyclic) bond motifs is 1. The van der Waals surface area contributed by atoms with E-state index in [1.165, 1.54) is 26.4 Å². The first-order valence-corrected chi connectivity index (χ1v) is 11.3. The largest absolute Gasteiger partial charge is 0.452 e. The number of rotatable bonds is 4. The smallest absolute Gasteiger partial charge is 0.414 e. The van der Waals surface area contributed by atoms with Gasteiger partial charge in [0.2, 0.25) is 0 Å². The minimum atomic E-state index is -0.424. The van der Waals surface area contributed by atoms with Gasteiger partial charge in [0.25, 0.3) is 0 Å². The Bertz CT molecular complexity index is 826. The number of hydrogen-bond acceptors (Lipinski definition) is 6. The van der Waals surface area contributed by atoms with Crippen LogP contribution >= 0.6 is 0 Å². The first kappa shape index (κ1) is 21.9. The highest BCUT2D eigenvalue weighted by molar-refractivity contribution is 6.00. The predicted molar refractivity (Wildman–Crippen MR) is 119 cm³/mol. The standard InChI is InChI=1S/C23H34N4O4/c1-15(2)31-22(28)26-12-16(3)27(23(29)30-4)20-9-8-18(10-21(20)26)19-11-24-25(14-19)13-17-6-5-7-17/h8-10,15-17,19,24H,5-7,11-14H2,1-4H3/t16-,19?/m0/s1. The summed E-state index contributed by atoms with van der Waals surface area (Å²) >= 11 is 0. The van der Waals surface area contributed by atoms with Gasteiger partial charge in [-0.05, 0) is 57.2 Å². The quantitative estimate of drug-likeness (QED) is 0.785. The van der Waals surface area contributed by atoms with Gasteiger partial charge in [0.15, 0.2) is 0 Å². The van der Waals surface area contributed by atoms with Crippen molar-refractivity contribution in [3.8, 4) is 0 Å². The van der Waals surface area contributed by atoms with Crippen molar-refractivity contribution in [2.24, 2.45) is 5.92 Å². The lowest BCUT2D eigenvalue weighted by Crippen LogP contribution is -2.52. The van der Waals surface area contributed by atoms with Gasteiger partial charge in [0, 0.05) is 25.6 Å². The molecule has 1 saturated carbocycles. The number of methoxy groups -OCH3 is 1. The number of benzene rings is 1. The summed E-state index contributed by atoms with van der Waals surface area (Å²) in [5, 5.41) is 2.33. The highest BCUT2D eigenvalue weighted by Gasteiger charge is 2.37. The van der Waals surface area contributed by atoms with Crippen molar-refractivity contribution in [2.75, 3.05) is 43.1 Å². The number of nitrogens with one attached hydrogen (secondary N) is 1. The molecule has 0 aromatic heterocycles. The molecule has 1 N–H and O–H groups in total. The highest BCUT2D eigenvalue weighted by atomic mass is 16.6. The molecule has 1 unspecified atom stereocenters. The number of amides is 2. The van der Waals surface area contributed by atoms with E-state index in [1.54, 1.807) is 9.80 Å². The highest BCUT2D eigenvalue weighted by Crippen LogP contribution is 2.39. The number of anilines is 2. The van der Waals surface area contributed by atoms with Gasteiger partial charge >= 0.3 is 12.2 Å². The van der Waals surface area contributed by atoms with Crippen molar-refractivity contribution in [1.82, 2.24) is 10.4 Å². The topological polar surface area (TPSA) is 74.4 Å². The molecule has 1 aromatic carbocycles. The summed E-state index contributed by atoms with van der Waals surface area (Å²) < 4.78 is 10.5. The Kier molecular flexibility index (Phi) is 6.39. The molecule has 2 heterocycles. The molecule has 0 radical (unpaired) electrons. The zero-order valence-corrected chi connectivity index (χ0v) is 19.0. The van der Waals surface area contributed by atoms with E-state index in [1.807, 2.05) is 32.9 Å². The van der Waals surface area contributed by atoms with Gasteiger partial charge in [0.05, 0.1) is 37.2 Å². The van der Waals surface area contributed by atoms with Gasteiger partial charge in [-0.25, -0.2) is 14.6 Å². The van der Waals surface area contributed by atoms with E-state index in [9.17, 15) is 9.59 Å². The molecule has 2 amide bonds. The lowest BCUT2D eigenvalue weighted by atomic mass is 9.85. The maximum absolute atomic E-state index is 12.9. The van der Waals surface area contributed by atoms with Crippen LogP contribution in [-0.4, -0.2) is 62.6 Å². The summed E-state index contributed by atoms with van der Waals surface area (Å²) in [6.45, 7) is 8.86. The van der Waals surface area contributed by atoms with Crippen molar-refractivity contribution >= 4 is 23.6 Å². The maximum atomic E-state index is 12.9. The molecule has 0 bridgehead atoms. The van der Waals surface area contributed by atoms with E-state index >= 15 is 0 Å². The molecule has 8 nitrogen and oxygen atoms in total. The number of hydrogen-bond donors (Lipinski definition) is 1. The second kappa shape index (κ2) is 9.04. The minimum Gasteiger partial charge on any atom is -0.452 e. The molecule has 1 aliphatic carbocycles. The van der Waals surface area contributed by atoms with Crippen LogP contribution in [0.15, 0.2) is 18.2 Å². The molecule has 0 spiro atoms. The Morgan fingerprint density at radius 2 is 1.94 bits per heavy atom. The van der Waals surface area contributed by atoms with Crippen molar-refractivity contribution in [1.29, 1.82) is 0 Å². The van der Waals surface area contributed by atoms with E-state index in [0.717, 1.165) is 31.1 Å². The van der Waals surface area contributed by atoms with Gasteiger partial charge in [-0.2, -0.15) is 0 Å². The average molecular weight is 431 g/mol. The van der Waals surface area contributed by atoms with E-state index in [-0.39, 0.29) is 18.2 Å². The van der Waals surface area contributed by atoms with Gasteiger partial charge in [-0.1, -0.05) is 12.5 Å². The van der Waals surface area contributed by atoms with Crippen LogP contribution in [0.2, 0.25) is 0 Å². The number of carbonyl (C=O) groups is 2. The summed E-state index contributed by atoms with van der Waals surface area (Å²) in [5.41, 5.74) is 6.06. The van der Waals surface area contributed by atoms with Crippen LogP contribution in [0.1, 0.15) is 51.5 Å². The van der Waals surface area contributed by atoms with Crippen LogP contribution in [0.25, 0.3) is 0 Å². The third-order valence-corrected chi connectivity index (χ3v) is 6.54. The van der Waals surface area contributed by atoms with Gasteiger partial charge in [-0.3, -0.25) is 15.2 Å². The summed E-state index contributed by atoms with van der Waals surface area (Å²) in [6, 6.07) is 5.81. The molecule has 2 atom stereocenters. The second-order valence-corrected chi connectivity index (χ2v) is 9.24. The van der Waals surface area contributed by atoms with Crippen LogP contribution < -0.4 is 15.2 Å². The van der Waals surface area contributed by atoms with Crippen molar-refractivity contribution in [2.45, 2.75) is 58.1 Å². The van der Waals surface area contributed by atoms with Gasteiger partial charge < -0.3 is 9.47 Å². The molecule has 8 heteroatoms. The van der Waals surface area contributed by atoms with Crippen molar-refractivity contribution in [3.63, 3.8) is 0 Å². The molecular weight excluding hydrogens is 396 g/mol. The predicted octanol–water partition coefficient (Wildman–Crippen LogP) is 3.72. The fraction of sp³-hybridized carbons (Fsp3) is 0.652. The third kappa shape index (κ3) is 4.50. The normalized spacial score (nSPS) is 24.2. The Balaban J connectivity index is 1.60. The SMILES string of the molecule is COC(=O)N1c2ccc(C3CNN(CC4CCC4)C3)cc2N(C(=O)OC(C)C)C[C@@H]1C. The molecule has 2 fully saturated rings. The van der Waals surface area contributed by atoms with Crippen molar-refractivity contribution in [3.05, 3.63) is 23.8 Å². The van der Waals surface area contributed by atoms with Crippen LogP contribution in [-0.2, 0) is 9.47 Å². The zero-order chi connectivity index (χ0) is 22.1. The molecule has 170 valence electrons. The molecular formula is C23H34N4O4. The number of carbonyl (C=O) groups excluding carboxylic acids is 2. The third-order valence-electron chi connectivity index (χ3n) is 6.54. The monoisotopic (exact) mass is 430 g/mol.